The second-order valence-corrected chi connectivity index (χ2v) is 10.8. The van der Waals surface area contributed by atoms with Crippen LogP contribution in [0, 0.1) is 12.3 Å². The molecule has 2 fully saturated rings. The predicted octanol–water partition coefficient (Wildman–Crippen LogP) is 4.16. The van der Waals surface area contributed by atoms with Gasteiger partial charge in [0.05, 0.1) is 26.7 Å². The van der Waals surface area contributed by atoms with Crippen LogP contribution in [0.4, 0.5) is 4.79 Å². The number of carbonyl (C=O) groups is 3. The maximum Gasteiger partial charge on any atom is 0.333 e. The smallest absolute Gasteiger partial charge is 0.333 e. The van der Waals surface area contributed by atoms with Crippen LogP contribution in [0.25, 0.3) is 10.8 Å². The van der Waals surface area contributed by atoms with Crippen molar-refractivity contribution in [1.82, 2.24) is 25.1 Å². The lowest BCUT2D eigenvalue weighted by Gasteiger charge is -2.46. The number of benzene rings is 4. The lowest BCUT2D eigenvalue weighted by atomic mass is 9.99. The number of hydrazine groups is 1. The van der Waals surface area contributed by atoms with Crippen molar-refractivity contribution in [2.45, 2.75) is 25.3 Å². The van der Waals surface area contributed by atoms with Gasteiger partial charge in [-0.05, 0) is 39.6 Å². The normalized spacial score (nSPS) is 18.2. The van der Waals surface area contributed by atoms with Gasteiger partial charge in [-0.3, -0.25) is 9.59 Å². The number of rotatable bonds is 8. The fraction of sp³-hybridized carbons (Fsp3) is 0.229. The molecule has 0 unspecified atom stereocenters. The summed E-state index contributed by atoms with van der Waals surface area (Å²) in [5, 5.41) is 8.18. The molecule has 2 aliphatic heterocycles. The zero-order chi connectivity index (χ0) is 30.6. The first-order valence-electron chi connectivity index (χ1n) is 14.5. The van der Waals surface area contributed by atoms with Gasteiger partial charge in [-0.25, -0.2) is 9.80 Å². The van der Waals surface area contributed by atoms with E-state index in [0.29, 0.717) is 12.1 Å². The number of hydrogen-bond donors (Lipinski definition) is 1. The summed E-state index contributed by atoms with van der Waals surface area (Å²) in [5.74, 6) is 2.88. The van der Waals surface area contributed by atoms with Crippen LogP contribution in [-0.2, 0) is 22.7 Å². The molecular formula is C35H33N5O4. The van der Waals surface area contributed by atoms with Gasteiger partial charge in [0.15, 0.2) is 0 Å². The largest absolute Gasteiger partial charge is 0.497 e. The maximum atomic E-state index is 14.2. The van der Waals surface area contributed by atoms with Crippen molar-refractivity contribution < 1.29 is 19.1 Å². The fourth-order valence-electron chi connectivity index (χ4n) is 6.05. The van der Waals surface area contributed by atoms with E-state index in [4.69, 9.17) is 11.2 Å². The summed E-state index contributed by atoms with van der Waals surface area (Å²) in [6, 6.07) is 29.6. The van der Waals surface area contributed by atoms with Crippen LogP contribution in [0.5, 0.6) is 5.75 Å². The van der Waals surface area contributed by atoms with Crippen molar-refractivity contribution in [3.8, 4) is 18.1 Å². The molecule has 0 spiro atoms. The summed E-state index contributed by atoms with van der Waals surface area (Å²) >= 11 is 0. The van der Waals surface area contributed by atoms with E-state index >= 15 is 0 Å². The molecule has 0 aliphatic carbocycles. The molecule has 0 aromatic heterocycles. The summed E-state index contributed by atoms with van der Waals surface area (Å²) < 4.78 is 5.22. The summed E-state index contributed by atoms with van der Waals surface area (Å²) in [6.45, 7) is 0.706. The van der Waals surface area contributed by atoms with E-state index in [1.165, 1.54) is 5.01 Å². The Morgan fingerprint density at radius 1 is 0.977 bits per heavy atom. The monoisotopic (exact) mass is 587 g/mol. The first kappa shape index (κ1) is 28.8. The molecule has 2 aliphatic rings. The molecule has 44 heavy (non-hydrogen) atoms. The number of ether oxygens (including phenoxy) is 1. The number of piperazine rings is 1. The average Bonchev–Trinajstić information content (AvgIpc) is 3.38. The summed E-state index contributed by atoms with van der Waals surface area (Å²) in [5.41, 5.74) is 2.60. The molecule has 9 nitrogen and oxygen atoms in total. The van der Waals surface area contributed by atoms with E-state index in [1.807, 2.05) is 97.1 Å². The molecule has 4 amide bonds. The lowest BCUT2D eigenvalue weighted by molar-refractivity contribution is -0.158. The minimum absolute atomic E-state index is 0.0423. The highest BCUT2D eigenvalue weighted by molar-refractivity contribution is 5.93. The summed E-state index contributed by atoms with van der Waals surface area (Å²) in [6.07, 6.45) is 5.13. The molecule has 4 aromatic rings. The van der Waals surface area contributed by atoms with Gasteiger partial charge in [-0.1, -0.05) is 90.8 Å². The average molecular weight is 588 g/mol. The number of amides is 4. The molecule has 9 heteroatoms. The van der Waals surface area contributed by atoms with Crippen molar-refractivity contribution in [3.05, 3.63) is 114 Å². The second-order valence-electron chi connectivity index (χ2n) is 10.8. The Morgan fingerprint density at radius 3 is 2.45 bits per heavy atom. The third kappa shape index (κ3) is 5.55. The number of urea groups is 1. The minimum Gasteiger partial charge on any atom is -0.497 e. The number of carbonyl (C=O) groups excluding carboxylic acids is 3. The Balaban J connectivity index is 1.31. The van der Waals surface area contributed by atoms with Gasteiger partial charge in [0, 0.05) is 13.1 Å². The van der Waals surface area contributed by atoms with Crippen LogP contribution in [-0.4, -0.2) is 70.6 Å². The molecule has 2 atom stereocenters. The third-order valence-electron chi connectivity index (χ3n) is 8.20. The molecule has 4 aromatic carbocycles. The molecule has 2 saturated heterocycles. The van der Waals surface area contributed by atoms with E-state index in [-0.39, 0.29) is 38.0 Å². The van der Waals surface area contributed by atoms with Crippen LogP contribution in [0.1, 0.15) is 22.7 Å². The maximum absolute atomic E-state index is 14.2. The van der Waals surface area contributed by atoms with E-state index in [0.717, 1.165) is 27.6 Å². The fourth-order valence-corrected chi connectivity index (χ4v) is 6.05. The first-order valence-corrected chi connectivity index (χ1v) is 14.5. The van der Waals surface area contributed by atoms with Gasteiger partial charge in [-0.15, -0.1) is 6.42 Å². The van der Waals surface area contributed by atoms with E-state index in [9.17, 15) is 14.4 Å². The number of methoxy groups -OCH3 is 1. The molecule has 222 valence electrons. The van der Waals surface area contributed by atoms with E-state index in [1.54, 1.807) is 21.9 Å². The minimum atomic E-state index is -0.836. The van der Waals surface area contributed by atoms with E-state index < -0.39 is 18.2 Å². The van der Waals surface area contributed by atoms with Gasteiger partial charge in [0.2, 0.25) is 5.91 Å². The summed E-state index contributed by atoms with van der Waals surface area (Å²) in [4.78, 5) is 44.8. The standard InChI is InChI=1S/C35H33N5O4/c1-3-20-38(35(43)36-21-25-16-18-29(44-2)19-17-25)39-24-32(41)40-31(39)23-37(34(42)33(40)27-11-5-4-6-12-27)22-28-14-9-13-26-10-7-8-15-30(26)28/h1,4-19,31,33H,20-24H2,2H3,(H,36,43)/t31-,33+/m1/s1. The Kier molecular flexibility index (Phi) is 8.17. The molecular weight excluding hydrogens is 554 g/mol. The van der Waals surface area contributed by atoms with Gasteiger partial charge >= 0.3 is 6.03 Å². The van der Waals surface area contributed by atoms with Crippen LogP contribution in [0.3, 0.4) is 0 Å². The van der Waals surface area contributed by atoms with Gasteiger partial charge in [0.1, 0.15) is 18.0 Å². The number of nitrogens with zero attached hydrogens (tertiary/aromatic N) is 4. The zero-order valence-electron chi connectivity index (χ0n) is 24.4. The Labute approximate surface area is 256 Å². The van der Waals surface area contributed by atoms with Crippen molar-refractivity contribution in [1.29, 1.82) is 0 Å². The molecule has 2 heterocycles. The van der Waals surface area contributed by atoms with Crippen molar-refractivity contribution in [3.63, 3.8) is 0 Å². The van der Waals surface area contributed by atoms with Crippen LogP contribution >= 0.6 is 0 Å². The highest BCUT2D eigenvalue weighted by Crippen LogP contribution is 2.36. The van der Waals surface area contributed by atoms with Crippen molar-refractivity contribution >= 4 is 28.6 Å². The molecule has 0 bridgehead atoms. The number of hydrogen-bond acceptors (Lipinski definition) is 5. The van der Waals surface area contributed by atoms with Crippen LogP contribution < -0.4 is 10.1 Å². The molecule has 1 N–H and O–H groups in total. The Bertz CT molecular complexity index is 1710. The van der Waals surface area contributed by atoms with Gasteiger partial charge in [-0.2, -0.15) is 5.01 Å². The van der Waals surface area contributed by atoms with Crippen LogP contribution in [0.15, 0.2) is 97.1 Å². The van der Waals surface area contributed by atoms with Crippen molar-refractivity contribution in [2.75, 3.05) is 26.7 Å². The topological polar surface area (TPSA) is 85.4 Å². The van der Waals surface area contributed by atoms with Crippen LogP contribution in [0.2, 0.25) is 0 Å². The molecule has 0 saturated carbocycles. The van der Waals surface area contributed by atoms with E-state index in [2.05, 4.69) is 11.2 Å². The summed E-state index contributed by atoms with van der Waals surface area (Å²) in [7, 11) is 1.60. The highest BCUT2D eigenvalue weighted by Gasteiger charge is 2.52. The van der Waals surface area contributed by atoms with Crippen molar-refractivity contribution in [2.24, 2.45) is 0 Å². The molecule has 0 radical (unpaired) electrons. The Hall–Kier alpha value is -5.33. The molecule has 6 rings (SSSR count). The predicted molar refractivity (Wildman–Crippen MR) is 167 cm³/mol. The van der Waals surface area contributed by atoms with Gasteiger partial charge < -0.3 is 19.9 Å². The highest BCUT2D eigenvalue weighted by atomic mass is 16.5. The number of terminal acetylenes is 1. The SMILES string of the molecule is C#CCN(C(=O)NCc1ccc(OC)cc1)N1CC(=O)N2[C@@H](c3ccccc3)C(=O)N(Cc3cccc4ccccc34)C[C@@H]21. The van der Waals surface area contributed by atoms with Gasteiger partial charge in [0.25, 0.3) is 5.91 Å². The second kappa shape index (κ2) is 12.5. The number of fused-ring (bicyclic) bond motifs is 2. The lowest BCUT2D eigenvalue weighted by Crippen LogP contribution is -2.62. The zero-order valence-corrected chi connectivity index (χ0v) is 24.4. The quantitative estimate of drug-likeness (QED) is 0.313. The Morgan fingerprint density at radius 2 is 1.70 bits per heavy atom. The third-order valence-corrected chi connectivity index (χ3v) is 8.20. The first-order chi connectivity index (χ1) is 21.5. The number of nitrogens with one attached hydrogen (secondary N) is 1.